The van der Waals surface area contributed by atoms with Crippen molar-refractivity contribution < 1.29 is 4.74 Å². The van der Waals surface area contributed by atoms with Gasteiger partial charge in [0.25, 0.3) is 0 Å². The number of anilines is 1. The van der Waals surface area contributed by atoms with Crippen molar-refractivity contribution in [2.45, 2.75) is 63.6 Å². The van der Waals surface area contributed by atoms with Gasteiger partial charge in [-0.3, -0.25) is 4.99 Å². The summed E-state index contributed by atoms with van der Waals surface area (Å²) in [5.41, 5.74) is 0.357. The van der Waals surface area contributed by atoms with Gasteiger partial charge in [-0.1, -0.05) is 12.5 Å². The van der Waals surface area contributed by atoms with Crippen LogP contribution in [0.2, 0.25) is 0 Å². The fourth-order valence-electron chi connectivity index (χ4n) is 4.96. The number of rotatable bonds is 5. The first-order valence-corrected chi connectivity index (χ1v) is 10.5. The standard InChI is InChI=1S/C21H33N5O/c1-3-27-18-15-17(21(18)10-6-11-21)25-20(22-2)24-16-8-13-26(14-9-16)19-7-4-5-12-23-19/h4-5,7,12,16-18H,3,6,8-11,13-15H2,1-2H3,(H2,22,24,25). The second-order valence-corrected chi connectivity index (χ2v) is 8.13. The van der Waals surface area contributed by atoms with Gasteiger partial charge in [-0.05, 0) is 51.2 Å². The van der Waals surface area contributed by atoms with Gasteiger partial charge in [0.15, 0.2) is 5.96 Å². The number of hydrogen-bond acceptors (Lipinski definition) is 4. The molecule has 6 nitrogen and oxygen atoms in total. The van der Waals surface area contributed by atoms with Crippen molar-refractivity contribution in [1.29, 1.82) is 0 Å². The fourth-order valence-corrected chi connectivity index (χ4v) is 4.96. The molecule has 1 aromatic heterocycles. The minimum Gasteiger partial charge on any atom is -0.378 e. The van der Waals surface area contributed by atoms with Gasteiger partial charge in [-0.25, -0.2) is 4.98 Å². The van der Waals surface area contributed by atoms with Gasteiger partial charge in [0.1, 0.15) is 5.82 Å². The molecule has 1 saturated heterocycles. The Morgan fingerprint density at radius 2 is 2.11 bits per heavy atom. The van der Waals surface area contributed by atoms with Gasteiger partial charge in [-0.15, -0.1) is 0 Å². The van der Waals surface area contributed by atoms with E-state index < -0.39 is 0 Å². The van der Waals surface area contributed by atoms with Crippen molar-refractivity contribution in [2.24, 2.45) is 10.4 Å². The van der Waals surface area contributed by atoms with Crippen LogP contribution in [0, 0.1) is 5.41 Å². The van der Waals surface area contributed by atoms with E-state index in [4.69, 9.17) is 4.74 Å². The van der Waals surface area contributed by atoms with Crippen LogP contribution in [0.1, 0.15) is 45.4 Å². The smallest absolute Gasteiger partial charge is 0.191 e. The zero-order chi connectivity index (χ0) is 18.7. The Bertz CT molecular complexity index is 637. The highest BCUT2D eigenvalue weighted by molar-refractivity contribution is 5.80. The van der Waals surface area contributed by atoms with Crippen molar-refractivity contribution in [3.63, 3.8) is 0 Å². The predicted molar refractivity (Wildman–Crippen MR) is 109 cm³/mol. The maximum atomic E-state index is 5.97. The lowest BCUT2D eigenvalue weighted by molar-refractivity contribution is -0.168. The summed E-state index contributed by atoms with van der Waals surface area (Å²) in [5.74, 6) is 2.04. The van der Waals surface area contributed by atoms with Crippen LogP contribution in [0.15, 0.2) is 29.4 Å². The van der Waals surface area contributed by atoms with E-state index in [1.807, 2.05) is 19.3 Å². The van der Waals surface area contributed by atoms with E-state index in [9.17, 15) is 0 Å². The Hall–Kier alpha value is -1.82. The highest BCUT2D eigenvalue weighted by Gasteiger charge is 2.59. The molecule has 6 heteroatoms. The maximum Gasteiger partial charge on any atom is 0.191 e. The third-order valence-corrected chi connectivity index (χ3v) is 6.78. The van der Waals surface area contributed by atoms with E-state index in [2.05, 4.69) is 44.6 Å². The third-order valence-electron chi connectivity index (χ3n) is 6.78. The minimum absolute atomic E-state index is 0.357. The molecule has 0 amide bonds. The molecule has 2 saturated carbocycles. The average Bonchev–Trinajstić information content (AvgIpc) is 2.66. The normalized spacial score (nSPS) is 27.8. The molecule has 4 rings (SSSR count). The summed E-state index contributed by atoms with van der Waals surface area (Å²) < 4.78 is 5.97. The van der Waals surface area contributed by atoms with Crippen LogP contribution < -0.4 is 15.5 Å². The predicted octanol–water partition coefficient (Wildman–Crippen LogP) is 2.56. The highest BCUT2D eigenvalue weighted by atomic mass is 16.5. The van der Waals surface area contributed by atoms with E-state index in [-0.39, 0.29) is 0 Å². The van der Waals surface area contributed by atoms with E-state index in [1.165, 1.54) is 19.3 Å². The number of nitrogens with zero attached hydrogens (tertiary/aromatic N) is 3. The van der Waals surface area contributed by atoms with Crippen molar-refractivity contribution in [3.8, 4) is 0 Å². The summed E-state index contributed by atoms with van der Waals surface area (Å²) in [4.78, 5) is 11.3. The van der Waals surface area contributed by atoms with Crippen molar-refractivity contribution >= 4 is 11.8 Å². The third kappa shape index (κ3) is 3.64. The Morgan fingerprint density at radius 1 is 1.30 bits per heavy atom. The summed E-state index contributed by atoms with van der Waals surface area (Å²) in [6.07, 6.45) is 9.53. The highest BCUT2D eigenvalue weighted by Crippen LogP contribution is 2.57. The molecular formula is C21H33N5O. The van der Waals surface area contributed by atoms with Gasteiger partial charge in [-0.2, -0.15) is 0 Å². The summed E-state index contributed by atoms with van der Waals surface area (Å²) in [5, 5.41) is 7.37. The van der Waals surface area contributed by atoms with E-state index in [0.29, 0.717) is 23.6 Å². The number of pyridine rings is 1. The molecule has 2 heterocycles. The molecular weight excluding hydrogens is 338 g/mol. The lowest BCUT2D eigenvalue weighted by Crippen LogP contribution is -2.69. The molecule has 2 N–H and O–H groups in total. The number of aromatic nitrogens is 1. The van der Waals surface area contributed by atoms with Crippen molar-refractivity contribution in [3.05, 3.63) is 24.4 Å². The van der Waals surface area contributed by atoms with Crippen LogP contribution in [0.4, 0.5) is 5.82 Å². The molecule has 0 bridgehead atoms. The number of hydrogen-bond donors (Lipinski definition) is 2. The lowest BCUT2D eigenvalue weighted by Gasteiger charge is -2.61. The minimum atomic E-state index is 0.357. The summed E-state index contributed by atoms with van der Waals surface area (Å²) in [7, 11) is 1.88. The van der Waals surface area contributed by atoms with Crippen LogP contribution in [0.3, 0.4) is 0 Å². The van der Waals surface area contributed by atoms with Crippen LogP contribution >= 0.6 is 0 Å². The Morgan fingerprint density at radius 3 is 2.70 bits per heavy atom. The van der Waals surface area contributed by atoms with Gasteiger partial charge >= 0.3 is 0 Å². The summed E-state index contributed by atoms with van der Waals surface area (Å²) >= 11 is 0. The molecule has 27 heavy (non-hydrogen) atoms. The quantitative estimate of drug-likeness (QED) is 0.615. The number of ether oxygens (including phenoxy) is 1. The number of guanidine groups is 1. The monoisotopic (exact) mass is 371 g/mol. The molecule has 0 aromatic carbocycles. The van der Waals surface area contributed by atoms with Crippen LogP contribution in [0.5, 0.6) is 0 Å². The summed E-state index contributed by atoms with van der Waals surface area (Å²) in [6, 6.07) is 7.10. The SMILES string of the molecule is CCOC1CC(NC(=NC)NC2CCN(c3ccccn3)CC2)C12CCC2. The van der Waals surface area contributed by atoms with Gasteiger partial charge < -0.3 is 20.3 Å². The van der Waals surface area contributed by atoms with E-state index in [0.717, 1.165) is 50.7 Å². The molecule has 1 aliphatic heterocycles. The lowest BCUT2D eigenvalue weighted by atomic mass is 9.51. The van der Waals surface area contributed by atoms with E-state index in [1.54, 1.807) is 0 Å². The number of nitrogens with one attached hydrogen (secondary N) is 2. The first-order valence-electron chi connectivity index (χ1n) is 10.5. The Balaban J connectivity index is 1.27. The van der Waals surface area contributed by atoms with Crippen LogP contribution in [-0.2, 0) is 4.74 Å². The van der Waals surface area contributed by atoms with E-state index >= 15 is 0 Å². The topological polar surface area (TPSA) is 61.8 Å². The fraction of sp³-hybridized carbons (Fsp3) is 0.714. The Kier molecular flexibility index (Phi) is 5.53. The largest absolute Gasteiger partial charge is 0.378 e. The molecule has 2 unspecified atom stereocenters. The number of piperidine rings is 1. The zero-order valence-electron chi connectivity index (χ0n) is 16.7. The van der Waals surface area contributed by atoms with Crippen molar-refractivity contribution in [2.75, 3.05) is 31.6 Å². The molecule has 148 valence electrons. The molecule has 1 spiro atoms. The van der Waals surface area contributed by atoms with Gasteiger partial charge in [0.05, 0.1) is 6.10 Å². The molecule has 3 fully saturated rings. The number of aliphatic imine (C=N–C) groups is 1. The first-order chi connectivity index (χ1) is 13.2. The van der Waals surface area contributed by atoms with Crippen molar-refractivity contribution in [1.82, 2.24) is 15.6 Å². The molecule has 1 aromatic rings. The molecule has 0 radical (unpaired) electrons. The van der Waals surface area contributed by atoms with Crippen LogP contribution in [-0.4, -0.2) is 55.9 Å². The summed E-state index contributed by atoms with van der Waals surface area (Å²) in [6.45, 7) is 4.99. The molecule has 2 atom stereocenters. The van der Waals surface area contributed by atoms with Gasteiger partial charge in [0.2, 0.25) is 0 Å². The molecule has 3 aliphatic rings. The maximum absolute atomic E-state index is 5.97. The van der Waals surface area contributed by atoms with Crippen LogP contribution in [0.25, 0.3) is 0 Å². The zero-order valence-corrected chi connectivity index (χ0v) is 16.7. The average molecular weight is 372 g/mol. The van der Waals surface area contributed by atoms with Gasteiger partial charge in [0, 0.05) is 50.4 Å². The Labute approximate surface area is 162 Å². The second-order valence-electron chi connectivity index (χ2n) is 8.13. The first kappa shape index (κ1) is 18.5. The second kappa shape index (κ2) is 8.05. The molecule has 2 aliphatic carbocycles.